The molecule has 0 aliphatic carbocycles. The van der Waals surface area contributed by atoms with Crippen LogP contribution in [0.1, 0.15) is 53.9 Å². The molecule has 2 amide bonds. The van der Waals surface area contributed by atoms with Gasteiger partial charge in [-0.1, -0.05) is 20.8 Å². The Morgan fingerprint density at radius 1 is 1.24 bits per heavy atom. The van der Waals surface area contributed by atoms with Crippen molar-refractivity contribution in [2.75, 3.05) is 19.7 Å². The highest BCUT2D eigenvalue weighted by Crippen LogP contribution is 2.19. The van der Waals surface area contributed by atoms with E-state index in [0.717, 1.165) is 12.8 Å². The molecule has 21 heavy (non-hydrogen) atoms. The Bertz CT molecular complexity index is 353. The summed E-state index contributed by atoms with van der Waals surface area (Å²) in [6.45, 7) is 11.6. The molecule has 122 valence electrons. The number of rotatable bonds is 5. The van der Waals surface area contributed by atoms with E-state index in [-0.39, 0.29) is 36.0 Å². The summed E-state index contributed by atoms with van der Waals surface area (Å²) >= 11 is 0. The first-order valence-electron chi connectivity index (χ1n) is 7.86. The smallest absolute Gasteiger partial charge is 0.248 e. The first kappa shape index (κ1) is 18.0. The fourth-order valence-corrected chi connectivity index (χ4v) is 2.36. The van der Waals surface area contributed by atoms with Crippen LogP contribution < -0.4 is 5.32 Å². The lowest BCUT2D eigenvalue weighted by molar-refractivity contribution is -0.138. The Morgan fingerprint density at radius 3 is 2.29 bits per heavy atom. The van der Waals surface area contributed by atoms with Crippen molar-refractivity contribution in [1.29, 1.82) is 0 Å². The van der Waals surface area contributed by atoms with Crippen LogP contribution in [0.4, 0.5) is 0 Å². The van der Waals surface area contributed by atoms with E-state index in [2.05, 4.69) is 26.1 Å². The highest BCUT2D eigenvalue weighted by molar-refractivity contribution is 5.78. The van der Waals surface area contributed by atoms with Gasteiger partial charge in [0.25, 0.3) is 0 Å². The molecular formula is C16H30N2O3. The molecule has 0 bridgehead atoms. The molecular weight excluding hydrogens is 268 g/mol. The van der Waals surface area contributed by atoms with E-state index in [4.69, 9.17) is 4.74 Å². The number of hydrogen-bond acceptors (Lipinski definition) is 3. The number of amides is 2. The van der Waals surface area contributed by atoms with E-state index >= 15 is 0 Å². The van der Waals surface area contributed by atoms with Gasteiger partial charge in [0.1, 0.15) is 6.61 Å². The van der Waals surface area contributed by atoms with Gasteiger partial charge in [-0.15, -0.1) is 0 Å². The average molecular weight is 298 g/mol. The van der Waals surface area contributed by atoms with Crippen LogP contribution >= 0.6 is 0 Å². The molecule has 1 N–H and O–H groups in total. The number of nitrogens with zero attached hydrogens (tertiary/aromatic N) is 1. The number of nitrogens with one attached hydrogen (secondary N) is 1. The monoisotopic (exact) mass is 298 g/mol. The molecule has 0 atom stereocenters. The molecule has 1 fully saturated rings. The molecule has 1 aliphatic rings. The fraction of sp³-hybridized carbons (Fsp3) is 0.875. The fourth-order valence-electron chi connectivity index (χ4n) is 2.36. The highest BCUT2D eigenvalue weighted by Gasteiger charge is 2.25. The number of likely N-dealkylation sites (tertiary alicyclic amines) is 1. The summed E-state index contributed by atoms with van der Waals surface area (Å²) in [4.78, 5) is 25.7. The molecule has 1 saturated heterocycles. The molecule has 1 rings (SSSR count). The third-order valence-corrected chi connectivity index (χ3v) is 3.44. The van der Waals surface area contributed by atoms with Crippen molar-refractivity contribution >= 4 is 11.8 Å². The molecule has 0 unspecified atom stereocenters. The van der Waals surface area contributed by atoms with Gasteiger partial charge in [0.2, 0.25) is 11.8 Å². The van der Waals surface area contributed by atoms with Gasteiger partial charge in [0, 0.05) is 25.6 Å². The minimum atomic E-state index is 0.00887. The van der Waals surface area contributed by atoms with Crippen molar-refractivity contribution in [3.63, 3.8) is 0 Å². The molecule has 1 aliphatic heterocycles. The first-order valence-corrected chi connectivity index (χ1v) is 7.86. The standard InChI is InChI=1S/C16H30N2O3/c1-12(2)21-11-15(20)18-8-6-13(7-9-18)17-14(19)10-16(3,4)5/h12-13H,6-11H2,1-5H3,(H,17,19). The summed E-state index contributed by atoms with van der Waals surface area (Å²) in [6.07, 6.45) is 2.25. The second-order valence-electron chi connectivity index (χ2n) is 7.32. The Kier molecular flexibility index (Phi) is 6.65. The van der Waals surface area contributed by atoms with Gasteiger partial charge < -0.3 is 15.0 Å². The Hall–Kier alpha value is -1.10. The lowest BCUT2D eigenvalue weighted by Crippen LogP contribution is -2.48. The van der Waals surface area contributed by atoms with Gasteiger partial charge in [0.15, 0.2) is 0 Å². The van der Waals surface area contributed by atoms with Crippen molar-refractivity contribution in [2.45, 2.75) is 66.0 Å². The van der Waals surface area contributed by atoms with Crippen LogP contribution in [0.5, 0.6) is 0 Å². The third-order valence-electron chi connectivity index (χ3n) is 3.44. The maximum atomic E-state index is 11.9. The molecule has 0 spiro atoms. The van der Waals surface area contributed by atoms with Crippen molar-refractivity contribution < 1.29 is 14.3 Å². The van der Waals surface area contributed by atoms with Crippen molar-refractivity contribution in [1.82, 2.24) is 10.2 Å². The van der Waals surface area contributed by atoms with Gasteiger partial charge in [-0.3, -0.25) is 9.59 Å². The van der Waals surface area contributed by atoms with Gasteiger partial charge in [-0.25, -0.2) is 0 Å². The maximum absolute atomic E-state index is 11.9. The molecule has 1 heterocycles. The summed E-state index contributed by atoms with van der Waals surface area (Å²) in [5.74, 6) is 0.151. The highest BCUT2D eigenvalue weighted by atomic mass is 16.5. The predicted molar refractivity (Wildman–Crippen MR) is 82.9 cm³/mol. The Morgan fingerprint density at radius 2 is 1.81 bits per heavy atom. The Labute approximate surface area is 128 Å². The van der Waals surface area contributed by atoms with Crippen LogP contribution in [-0.4, -0.2) is 48.6 Å². The molecule has 0 aromatic heterocycles. The summed E-state index contributed by atoms with van der Waals surface area (Å²) in [5, 5.41) is 3.08. The number of carbonyl (C=O) groups excluding carboxylic acids is 2. The lowest BCUT2D eigenvalue weighted by atomic mass is 9.91. The minimum absolute atomic E-state index is 0.00887. The van der Waals surface area contributed by atoms with Gasteiger partial charge in [-0.2, -0.15) is 0 Å². The maximum Gasteiger partial charge on any atom is 0.248 e. The van der Waals surface area contributed by atoms with Crippen LogP contribution in [0, 0.1) is 5.41 Å². The molecule has 0 radical (unpaired) electrons. The van der Waals surface area contributed by atoms with Gasteiger partial charge in [0.05, 0.1) is 6.10 Å². The van der Waals surface area contributed by atoms with E-state index < -0.39 is 0 Å². The first-order chi connectivity index (χ1) is 9.67. The Balaban J connectivity index is 2.29. The summed E-state index contributed by atoms with van der Waals surface area (Å²) in [7, 11) is 0. The summed E-state index contributed by atoms with van der Waals surface area (Å²) < 4.78 is 5.34. The van der Waals surface area contributed by atoms with Crippen LogP contribution in [0.3, 0.4) is 0 Å². The largest absolute Gasteiger partial charge is 0.369 e. The van der Waals surface area contributed by atoms with Crippen molar-refractivity contribution in [3.8, 4) is 0 Å². The van der Waals surface area contributed by atoms with Crippen LogP contribution in [0.15, 0.2) is 0 Å². The topological polar surface area (TPSA) is 58.6 Å². The van der Waals surface area contributed by atoms with E-state index in [1.165, 1.54) is 0 Å². The number of ether oxygens (including phenoxy) is 1. The SMILES string of the molecule is CC(C)OCC(=O)N1CCC(NC(=O)CC(C)(C)C)CC1. The second kappa shape index (κ2) is 7.78. The zero-order valence-electron chi connectivity index (χ0n) is 14.1. The third kappa shape index (κ3) is 7.46. The van der Waals surface area contributed by atoms with Crippen LogP contribution in [-0.2, 0) is 14.3 Å². The van der Waals surface area contributed by atoms with Crippen molar-refractivity contribution in [2.24, 2.45) is 5.41 Å². The zero-order chi connectivity index (χ0) is 16.0. The average Bonchev–Trinajstić information content (AvgIpc) is 2.34. The van der Waals surface area contributed by atoms with E-state index in [0.29, 0.717) is 19.5 Å². The van der Waals surface area contributed by atoms with E-state index in [9.17, 15) is 9.59 Å². The lowest BCUT2D eigenvalue weighted by Gasteiger charge is -2.33. The van der Waals surface area contributed by atoms with E-state index in [1.54, 1.807) is 0 Å². The van der Waals surface area contributed by atoms with E-state index in [1.807, 2.05) is 18.7 Å². The predicted octanol–water partition coefficient (Wildman–Crippen LogP) is 1.95. The number of hydrogen-bond donors (Lipinski definition) is 1. The van der Waals surface area contributed by atoms with Gasteiger partial charge >= 0.3 is 0 Å². The quantitative estimate of drug-likeness (QED) is 0.844. The number of carbonyl (C=O) groups is 2. The second-order valence-corrected chi connectivity index (χ2v) is 7.32. The van der Waals surface area contributed by atoms with Crippen LogP contribution in [0.25, 0.3) is 0 Å². The van der Waals surface area contributed by atoms with Crippen molar-refractivity contribution in [3.05, 3.63) is 0 Å². The zero-order valence-corrected chi connectivity index (χ0v) is 14.1. The van der Waals surface area contributed by atoms with Crippen LogP contribution in [0.2, 0.25) is 0 Å². The molecule has 5 nitrogen and oxygen atoms in total. The summed E-state index contributed by atoms with van der Waals surface area (Å²) in [5.41, 5.74) is 0.00887. The van der Waals surface area contributed by atoms with Gasteiger partial charge in [-0.05, 0) is 32.1 Å². The number of piperidine rings is 1. The molecule has 0 aromatic rings. The molecule has 0 aromatic carbocycles. The summed E-state index contributed by atoms with van der Waals surface area (Å²) in [6, 6.07) is 0.190. The minimum Gasteiger partial charge on any atom is -0.369 e. The molecule has 5 heteroatoms. The normalized spacial score (nSPS) is 17.1. The molecule has 0 saturated carbocycles.